The van der Waals surface area contributed by atoms with E-state index in [9.17, 15) is 32.7 Å². The first-order valence-electron chi connectivity index (χ1n) is 17.5. The number of aromatic hydroxyl groups is 1. The Morgan fingerprint density at radius 1 is 1.04 bits per heavy atom. The van der Waals surface area contributed by atoms with Crippen LogP contribution in [0.3, 0.4) is 0 Å². The summed E-state index contributed by atoms with van der Waals surface area (Å²) in [5.41, 5.74) is 1.52. The van der Waals surface area contributed by atoms with E-state index in [0.717, 1.165) is 9.89 Å². The number of methoxy groups -OCH3 is 1. The number of allylic oxidation sites excluding steroid dienone is 3. The number of imide groups is 2. The quantitative estimate of drug-likeness (QED) is 0.136. The Hall–Kier alpha value is -5.18. The van der Waals surface area contributed by atoms with Crippen LogP contribution in [-0.4, -0.2) is 50.7 Å². The van der Waals surface area contributed by atoms with E-state index in [-0.39, 0.29) is 48.5 Å². The number of alkyl halides is 3. The van der Waals surface area contributed by atoms with Gasteiger partial charge in [-0.25, -0.2) is 4.98 Å². The number of hydrogen-bond acceptors (Lipinski definition) is 9. The summed E-state index contributed by atoms with van der Waals surface area (Å²) in [6.07, 6.45) is 1.41. The predicted octanol–water partition coefficient (Wildman–Crippen LogP) is 7.91. The SMILES string of the molecule is COc1cc(C=CC2C3=CCC4C(=O)N(Cc5cccs5)C(=O)C4C3CC3C(=O)N(Nc4ncc(C(F)(F)F)cc4Cl)C(=O)C23c2ccc(Cl)cc2)ccc1O. The molecule has 0 bridgehead atoms. The summed E-state index contributed by atoms with van der Waals surface area (Å²) >= 11 is 14.0. The van der Waals surface area contributed by atoms with Gasteiger partial charge < -0.3 is 9.84 Å². The fraction of sp³-hybridized carbons (Fsp3) is 0.275. The zero-order chi connectivity index (χ0) is 39.7. The zero-order valence-corrected chi connectivity index (χ0v) is 31.6. The van der Waals surface area contributed by atoms with E-state index < -0.39 is 63.6 Å². The minimum Gasteiger partial charge on any atom is -0.504 e. The van der Waals surface area contributed by atoms with Gasteiger partial charge in [0.2, 0.25) is 11.8 Å². The normalized spacial score (nSPS) is 26.0. The molecule has 2 aliphatic heterocycles. The first-order chi connectivity index (χ1) is 26.7. The van der Waals surface area contributed by atoms with E-state index in [2.05, 4.69) is 10.4 Å². The van der Waals surface area contributed by atoms with E-state index in [1.165, 1.54) is 29.4 Å². The summed E-state index contributed by atoms with van der Waals surface area (Å²) in [6.45, 7) is 0.116. The van der Waals surface area contributed by atoms with Crippen molar-refractivity contribution in [3.63, 3.8) is 0 Å². The second-order valence-electron chi connectivity index (χ2n) is 14.1. The number of thiophene rings is 1. The molecule has 16 heteroatoms. The molecule has 10 nitrogen and oxygen atoms in total. The van der Waals surface area contributed by atoms with Crippen LogP contribution in [0.1, 0.15) is 34.4 Å². The number of likely N-dealkylation sites (tertiary alicyclic amines) is 1. The van der Waals surface area contributed by atoms with Crippen LogP contribution in [0.4, 0.5) is 19.0 Å². The third kappa shape index (κ3) is 6.05. The maximum atomic E-state index is 15.2. The van der Waals surface area contributed by atoms with E-state index in [1.807, 2.05) is 23.6 Å². The highest BCUT2D eigenvalue weighted by Crippen LogP contribution is 2.61. The van der Waals surface area contributed by atoms with Crippen LogP contribution in [0.2, 0.25) is 10.0 Å². The summed E-state index contributed by atoms with van der Waals surface area (Å²) in [4.78, 5) is 64.1. The molecular weight excluding hydrogens is 792 g/mol. The molecule has 4 heterocycles. The van der Waals surface area contributed by atoms with E-state index in [4.69, 9.17) is 27.9 Å². The van der Waals surface area contributed by atoms with Crippen LogP contribution in [0.5, 0.6) is 11.5 Å². The number of halogens is 5. The number of fused-ring (bicyclic) bond motifs is 4. The van der Waals surface area contributed by atoms with Crippen LogP contribution in [0, 0.1) is 29.6 Å². The number of ether oxygens (including phenoxy) is 1. The maximum absolute atomic E-state index is 15.2. The van der Waals surface area contributed by atoms with Crippen molar-refractivity contribution in [1.82, 2.24) is 14.9 Å². The topological polar surface area (TPSA) is 129 Å². The summed E-state index contributed by atoms with van der Waals surface area (Å²) in [5.74, 6) is -6.55. The van der Waals surface area contributed by atoms with Crippen molar-refractivity contribution in [3.8, 4) is 11.5 Å². The van der Waals surface area contributed by atoms with Crippen LogP contribution < -0.4 is 10.2 Å². The Bertz CT molecular complexity index is 2340. The second-order valence-corrected chi connectivity index (χ2v) is 16.0. The highest BCUT2D eigenvalue weighted by Gasteiger charge is 2.69. The van der Waals surface area contributed by atoms with Gasteiger partial charge >= 0.3 is 6.18 Å². The van der Waals surface area contributed by atoms with Crippen LogP contribution in [0.25, 0.3) is 6.08 Å². The average molecular weight is 824 g/mol. The molecule has 6 atom stereocenters. The number of pyridine rings is 1. The molecule has 0 spiro atoms. The minimum absolute atomic E-state index is 0.00418. The fourth-order valence-corrected chi connectivity index (χ4v) is 9.84. The number of carbonyl (C=O) groups excluding carboxylic acids is 4. The lowest BCUT2D eigenvalue weighted by Gasteiger charge is -2.49. The molecule has 2 aromatic carbocycles. The largest absolute Gasteiger partial charge is 0.504 e. The predicted molar refractivity (Wildman–Crippen MR) is 201 cm³/mol. The number of amides is 4. The lowest BCUT2D eigenvalue weighted by Crippen LogP contribution is -2.54. The molecule has 8 rings (SSSR count). The molecule has 2 saturated heterocycles. The van der Waals surface area contributed by atoms with Crippen LogP contribution in [0.15, 0.2) is 90.0 Å². The van der Waals surface area contributed by atoms with Gasteiger partial charge in [0.15, 0.2) is 17.3 Å². The van der Waals surface area contributed by atoms with Gasteiger partial charge in [0, 0.05) is 22.0 Å². The molecule has 2 aromatic heterocycles. The molecule has 288 valence electrons. The van der Waals surface area contributed by atoms with Gasteiger partial charge in [-0.05, 0) is 71.7 Å². The molecule has 4 amide bonds. The van der Waals surface area contributed by atoms with Crippen molar-refractivity contribution in [1.29, 1.82) is 0 Å². The van der Waals surface area contributed by atoms with Crippen molar-refractivity contribution in [2.24, 2.45) is 29.6 Å². The zero-order valence-electron chi connectivity index (χ0n) is 29.3. The molecule has 6 unspecified atom stereocenters. The van der Waals surface area contributed by atoms with Crippen molar-refractivity contribution in [2.75, 3.05) is 12.5 Å². The van der Waals surface area contributed by atoms with Crippen LogP contribution >= 0.6 is 34.5 Å². The molecule has 4 aromatic rings. The smallest absolute Gasteiger partial charge is 0.417 e. The number of hydrogen-bond donors (Lipinski definition) is 2. The lowest BCUT2D eigenvalue weighted by molar-refractivity contribution is -0.142. The molecule has 0 radical (unpaired) electrons. The number of phenolic OH excluding ortho intramolecular Hbond substituents is 1. The Kier molecular flexibility index (Phi) is 9.49. The Morgan fingerprint density at radius 2 is 1.80 bits per heavy atom. The third-order valence-electron chi connectivity index (χ3n) is 11.3. The van der Waals surface area contributed by atoms with E-state index in [0.29, 0.717) is 34.0 Å². The summed E-state index contributed by atoms with van der Waals surface area (Å²) in [6, 6.07) is 15.5. The maximum Gasteiger partial charge on any atom is 0.417 e. The number of anilines is 1. The van der Waals surface area contributed by atoms with Gasteiger partial charge in [0.05, 0.1) is 47.4 Å². The van der Waals surface area contributed by atoms with Gasteiger partial charge in [-0.2, -0.15) is 18.2 Å². The Balaban J connectivity index is 1.28. The summed E-state index contributed by atoms with van der Waals surface area (Å²) < 4.78 is 45.8. The molecule has 2 aliphatic carbocycles. The molecular formula is C40H31Cl2F3N4O6S. The number of nitrogens with zero attached hydrogens (tertiary/aromatic N) is 3. The average Bonchev–Trinajstić information content (AvgIpc) is 3.83. The Labute approximate surface area is 332 Å². The van der Waals surface area contributed by atoms with Crippen molar-refractivity contribution >= 4 is 70.1 Å². The van der Waals surface area contributed by atoms with Crippen LogP contribution in [-0.2, 0) is 37.3 Å². The monoisotopic (exact) mass is 822 g/mol. The molecule has 4 aliphatic rings. The number of aromatic nitrogens is 1. The number of rotatable bonds is 8. The summed E-state index contributed by atoms with van der Waals surface area (Å²) in [5, 5.41) is 12.8. The number of carbonyl (C=O) groups is 4. The Morgan fingerprint density at radius 3 is 2.48 bits per heavy atom. The number of hydrazine groups is 1. The van der Waals surface area contributed by atoms with Crippen molar-refractivity contribution in [3.05, 3.63) is 122 Å². The van der Waals surface area contributed by atoms with Crippen molar-refractivity contribution < 1.29 is 42.2 Å². The molecule has 56 heavy (non-hydrogen) atoms. The van der Waals surface area contributed by atoms with E-state index in [1.54, 1.807) is 48.6 Å². The van der Waals surface area contributed by atoms with Gasteiger partial charge in [0.25, 0.3) is 11.8 Å². The van der Waals surface area contributed by atoms with Gasteiger partial charge in [-0.3, -0.25) is 29.5 Å². The first kappa shape index (κ1) is 37.7. The first-order valence-corrected chi connectivity index (χ1v) is 19.1. The highest BCUT2D eigenvalue weighted by molar-refractivity contribution is 7.09. The molecule has 3 fully saturated rings. The van der Waals surface area contributed by atoms with Gasteiger partial charge in [0.1, 0.15) is 0 Å². The molecule has 2 N–H and O–H groups in total. The minimum atomic E-state index is -4.75. The molecule has 1 saturated carbocycles. The summed E-state index contributed by atoms with van der Waals surface area (Å²) in [7, 11) is 1.40. The van der Waals surface area contributed by atoms with Gasteiger partial charge in [-0.15, -0.1) is 11.3 Å². The van der Waals surface area contributed by atoms with Crippen molar-refractivity contribution in [2.45, 2.75) is 31.0 Å². The highest BCUT2D eigenvalue weighted by atomic mass is 35.5. The van der Waals surface area contributed by atoms with E-state index >= 15 is 4.79 Å². The standard InChI is InChI=1S/C40H31Cl2F3N4O6S/c1-55-32-15-20(5-13-31(32)50)4-12-28-25-10-11-26-33(37(53)48(35(26)51)19-24-3-2-14-56-24)27(25)17-29-36(52)49(38(54)39(28,29)21-6-8-23(41)9-7-21)47-34-30(42)16-22(18-46-34)40(43,44)45/h2-10,12-16,18,26-29,33,50H,11,17,19H2,1H3,(H,46,47). The second kappa shape index (κ2) is 14.1. The fourth-order valence-electron chi connectivity index (χ4n) is 8.81. The van der Waals surface area contributed by atoms with Gasteiger partial charge in [-0.1, -0.05) is 71.3 Å². The third-order valence-corrected chi connectivity index (χ3v) is 12.7. The number of nitrogens with one attached hydrogen (secondary N) is 1. The number of phenols is 1. The number of benzene rings is 2. The lowest BCUT2D eigenvalue weighted by atomic mass is 9.50.